The van der Waals surface area contributed by atoms with E-state index in [1.807, 2.05) is 6.07 Å². The SMILES string of the molecule is CCOC(=O)c1ccc(C(O)(c2ccc(Cl)cc2)c2ccc3c(c2)c(C2CCN(S(=O)(=O)C(F)(F)F)CC2)nn3C2CCCCO2)cn1. The molecule has 0 spiro atoms. The Bertz CT molecular complexity index is 1890. The number of esters is 1. The Morgan fingerprint density at radius 2 is 1.71 bits per heavy atom. The molecule has 6 rings (SSSR count). The van der Waals surface area contributed by atoms with Crippen LogP contribution >= 0.6 is 11.6 Å². The van der Waals surface area contributed by atoms with Crippen LogP contribution in [0.5, 0.6) is 0 Å². The number of nitrogens with zero attached hydrogens (tertiary/aromatic N) is 4. The molecule has 2 aromatic carbocycles. The van der Waals surface area contributed by atoms with Gasteiger partial charge < -0.3 is 14.6 Å². The summed E-state index contributed by atoms with van der Waals surface area (Å²) in [6, 6.07) is 15.1. The van der Waals surface area contributed by atoms with Crippen LogP contribution in [0.15, 0.2) is 60.8 Å². The Morgan fingerprint density at radius 3 is 2.31 bits per heavy atom. The molecule has 0 bridgehead atoms. The summed E-state index contributed by atoms with van der Waals surface area (Å²) >= 11 is 6.19. The molecule has 2 aromatic heterocycles. The van der Waals surface area contributed by atoms with Crippen LogP contribution < -0.4 is 0 Å². The quantitative estimate of drug-likeness (QED) is 0.213. The first-order chi connectivity index (χ1) is 22.8. The lowest BCUT2D eigenvalue weighted by molar-refractivity contribution is -0.0495. The minimum atomic E-state index is -5.45. The Labute approximate surface area is 280 Å². The van der Waals surface area contributed by atoms with Crippen molar-refractivity contribution in [1.29, 1.82) is 0 Å². The summed E-state index contributed by atoms with van der Waals surface area (Å²) in [6.07, 6.45) is 3.85. The molecule has 0 saturated carbocycles. The van der Waals surface area contributed by atoms with Crippen molar-refractivity contribution < 1.29 is 41.0 Å². The monoisotopic (exact) mass is 706 g/mol. The molecule has 0 amide bonds. The largest absolute Gasteiger partial charge is 0.511 e. The third-order valence-electron chi connectivity index (χ3n) is 8.98. The maximum absolute atomic E-state index is 13.3. The number of benzene rings is 2. The van der Waals surface area contributed by atoms with Crippen molar-refractivity contribution in [3.63, 3.8) is 0 Å². The van der Waals surface area contributed by atoms with Crippen LogP contribution in [0.25, 0.3) is 10.9 Å². The van der Waals surface area contributed by atoms with Gasteiger partial charge in [-0.05, 0) is 80.5 Å². The van der Waals surface area contributed by atoms with Crippen LogP contribution in [0.1, 0.15) is 84.0 Å². The highest BCUT2D eigenvalue weighted by Crippen LogP contribution is 2.42. The van der Waals surface area contributed by atoms with E-state index in [1.165, 1.54) is 12.3 Å². The van der Waals surface area contributed by atoms with Crippen molar-refractivity contribution in [3.8, 4) is 0 Å². The Kier molecular flexibility index (Phi) is 9.57. The lowest BCUT2D eigenvalue weighted by atomic mass is 9.80. The minimum Gasteiger partial charge on any atom is -0.461 e. The molecule has 4 heterocycles. The van der Waals surface area contributed by atoms with Gasteiger partial charge in [-0.3, -0.25) is 0 Å². The number of pyridine rings is 1. The van der Waals surface area contributed by atoms with E-state index < -0.39 is 27.1 Å². The average Bonchev–Trinajstić information content (AvgIpc) is 3.47. The van der Waals surface area contributed by atoms with Gasteiger partial charge in [-0.2, -0.15) is 22.6 Å². The molecule has 4 aromatic rings. The van der Waals surface area contributed by atoms with E-state index >= 15 is 0 Å². The maximum atomic E-state index is 13.3. The zero-order valence-electron chi connectivity index (χ0n) is 26.0. The van der Waals surface area contributed by atoms with Crippen molar-refractivity contribution in [2.75, 3.05) is 26.3 Å². The number of ether oxygens (including phenoxy) is 2. The number of halogens is 4. The number of carbonyl (C=O) groups is 1. The zero-order chi connectivity index (χ0) is 34.3. The second kappa shape index (κ2) is 13.4. The fourth-order valence-electron chi connectivity index (χ4n) is 6.47. The Hall–Kier alpha value is -3.56. The standard InChI is InChI=1S/C33H34ClF3N4O6S/c1-2-46-31(42)27-12-8-24(20-38-27)32(43,22-6-10-25(34)11-7-22)23-9-13-28-26(19-23)30(39-41(28)29-5-3-4-18-47-29)21-14-16-40(17-15-21)48(44,45)33(35,36)37/h6-13,19-21,29,43H,2-5,14-18H2,1H3. The van der Waals surface area contributed by atoms with Gasteiger partial charge in [-0.1, -0.05) is 35.9 Å². The van der Waals surface area contributed by atoms with E-state index in [0.29, 0.717) is 55.6 Å². The van der Waals surface area contributed by atoms with E-state index in [0.717, 1.165) is 12.8 Å². The van der Waals surface area contributed by atoms with Gasteiger partial charge in [0.05, 0.1) is 17.8 Å². The van der Waals surface area contributed by atoms with Gasteiger partial charge in [0.25, 0.3) is 0 Å². The highest BCUT2D eigenvalue weighted by molar-refractivity contribution is 7.90. The van der Waals surface area contributed by atoms with Gasteiger partial charge in [-0.25, -0.2) is 22.9 Å². The Morgan fingerprint density at radius 1 is 1.02 bits per heavy atom. The zero-order valence-corrected chi connectivity index (χ0v) is 27.6. The van der Waals surface area contributed by atoms with E-state index in [1.54, 1.807) is 54.1 Å². The summed E-state index contributed by atoms with van der Waals surface area (Å²) in [5.74, 6) is -0.960. The molecule has 1 N–H and O–H groups in total. The first-order valence-corrected chi connectivity index (χ1v) is 17.5. The number of piperidine rings is 1. The third kappa shape index (κ3) is 6.31. The molecule has 2 fully saturated rings. The Balaban J connectivity index is 1.46. The molecule has 2 aliphatic rings. The number of aromatic nitrogens is 3. The van der Waals surface area contributed by atoms with Gasteiger partial charge in [0, 0.05) is 47.8 Å². The summed E-state index contributed by atoms with van der Waals surface area (Å²) in [5, 5.41) is 18.7. The molecule has 2 unspecified atom stereocenters. The van der Waals surface area contributed by atoms with Crippen molar-refractivity contribution in [3.05, 3.63) is 93.9 Å². The van der Waals surface area contributed by atoms with Crippen molar-refractivity contribution in [2.45, 2.75) is 62.3 Å². The van der Waals surface area contributed by atoms with Crippen LogP contribution in [0.2, 0.25) is 5.02 Å². The van der Waals surface area contributed by atoms with Gasteiger partial charge in [-0.15, -0.1) is 0 Å². The van der Waals surface area contributed by atoms with E-state index in [9.17, 15) is 31.5 Å². The molecule has 15 heteroatoms. The van der Waals surface area contributed by atoms with Crippen LogP contribution in [-0.2, 0) is 25.1 Å². The number of hydrogen-bond donors (Lipinski definition) is 1. The second-order valence-electron chi connectivity index (χ2n) is 11.9. The highest BCUT2D eigenvalue weighted by atomic mass is 35.5. The molecule has 256 valence electrons. The topological polar surface area (TPSA) is 124 Å². The van der Waals surface area contributed by atoms with E-state index in [-0.39, 0.29) is 50.4 Å². The first kappa shape index (κ1) is 34.3. The van der Waals surface area contributed by atoms with Crippen LogP contribution in [0, 0.1) is 0 Å². The summed E-state index contributed by atoms with van der Waals surface area (Å²) in [7, 11) is -5.45. The molecular weight excluding hydrogens is 673 g/mol. The molecule has 2 aliphatic heterocycles. The number of hydrogen-bond acceptors (Lipinski definition) is 8. The fraction of sp³-hybridized carbons (Fsp3) is 0.424. The predicted octanol–water partition coefficient (Wildman–Crippen LogP) is 6.27. The molecular formula is C33H34ClF3N4O6S. The van der Waals surface area contributed by atoms with Crippen LogP contribution in [0.4, 0.5) is 13.2 Å². The summed E-state index contributed by atoms with van der Waals surface area (Å²) in [6.45, 7) is 1.79. The van der Waals surface area contributed by atoms with Gasteiger partial charge in [0.15, 0.2) is 6.23 Å². The molecule has 10 nitrogen and oxygen atoms in total. The van der Waals surface area contributed by atoms with Crippen molar-refractivity contribution in [2.24, 2.45) is 0 Å². The minimum absolute atomic E-state index is 0.0735. The van der Waals surface area contributed by atoms with Crippen LogP contribution in [0.3, 0.4) is 0 Å². The normalized spacial score (nSPS) is 19.7. The molecule has 2 saturated heterocycles. The molecule has 2 atom stereocenters. The number of alkyl halides is 3. The summed E-state index contributed by atoms with van der Waals surface area (Å²) in [5.41, 5.74) is -4.55. The van der Waals surface area contributed by atoms with E-state index in [2.05, 4.69) is 4.98 Å². The summed E-state index contributed by atoms with van der Waals surface area (Å²) < 4.78 is 77.5. The second-order valence-corrected chi connectivity index (χ2v) is 14.2. The number of carbonyl (C=O) groups excluding carboxylic acids is 1. The summed E-state index contributed by atoms with van der Waals surface area (Å²) in [4.78, 5) is 16.6. The van der Waals surface area contributed by atoms with Gasteiger partial charge >= 0.3 is 21.5 Å². The lowest BCUT2D eigenvalue weighted by Crippen LogP contribution is -2.44. The fourth-order valence-corrected chi connectivity index (χ4v) is 7.58. The van der Waals surface area contributed by atoms with Crippen LogP contribution in [-0.4, -0.2) is 70.4 Å². The van der Waals surface area contributed by atoms with Crippen molar-refractivity contribution in [1.82, 2.24) is 19.1 Å². The molecule has 0 aliphatic carbocycles. The molecule has 0 radical (unpaired) electrons. The van der Waals surface area contributed by atoms with E-state index in [4.69, 9.17) is 26.2 Å². The number of fused-ring (bicyclic) bond motifs is 1. The van der Waals surface area contributed by atoms with Gasteiger partial charge in [0.2, 0.25) is 0 Å². The average molecular weight is 707 g/mol. The predicted molar refractivity (Wildman–Crippen MR) is 171 cm³/mol. The first-order valence-electron chi connectivity index (χ1n) is 15.7. The van der Waals surface area contributed by atoms with Crippen molar-refractivity contribution >= 4 is 38.5 Å². The lowest BCUT2D eigenvalue weighted by Gasteiger charge is -2.31. The third-order valence-corrected chi connectivity index (χ3v) is 10.9. The number of rotatable bonds is 8. The number of sulfonamides is 1. The smallest absolute Gasteiger partial charge is 0.461 e. The van der Waals surface area contributed by atoms with Gasteiger partial charge in [0.1, 0.15) is 11.3 Å². The number of aliphatic hydroxyl groups is 1. The maximum Gasteiger partial charge on any atom is 0.511 e. The molecule has 48 heavy (non-hydrogen) atoms. The highest BCUT2D eigenvalue weighted by Gasteiger charge is 2.50.